The fourth-order valence-corrected chi connectivity index (χ4v) is 3.56. The van der Waals surface area contributed by atoms with Crippen LogP contribution in [0.4, 0.5) is 0 Å². The highest BCUT2D eigenvalue weighted by atomic mass is 35.5. The second kappa shape index (κ2) is 6.05. The van der Waals surface area contributed by atoms with Gasteiger partial charge in [-0.25, -0.2) is 9.67 Å². The molecule has 4 rings (SSSR count). The van der Waals surface area contributed by atoms with E-state index in [0.717, 1.165) is 11.1 Å². The number of hydrogen-bond donors (Lipinski definition) is 0. The summed E-state index contributed by atoms with van der Waals surface area (Å²) in [5.41, 5.74) is 1.35. The Kier molecular flexibility index (Phi) is 4.01. The molecule has 1 saturated heterocycles. The topological polar surface area (TPSA) is 43.2 Å². The first-order chi connectivity index (χ1) is 11.6. The van der Waals surface area contributed by atoms with E-state index in [0.29, 0.717) is 21.6 Å². The monoisotopic (exact) mass is 379 g/mol. The van der Waals surface area contributed by atoms with Gasteiger partial charge in [0.1, 0.15) is 24.4 Å². The largest absolute Gasteiger partial charge is 0.354 e. The fraction of sp³-hybridized carbons (Fsp3) is 0.176. The molecule has 1 aromatic heterocycles. The zero-order valence-corrected chi connectivity index (χ0v) is 14.6. The molecule has 0 radical (unpaired) electrons. The zero-order chi connectivity index (χ0) is 16.7. The molecule has 0 amide bonds. The quantitative estimate of drug-likeness (QED) is 0.604. The Labute approximate surface area is 153 Å². The van der Waals surface area contributed by atoms with Crippen molar-refractivity contribution < 1.29 is 4.74 Å². The molecular weight excluding hydrogens is 369 g/mol. The van der Waals surface area contributed by atoms with Gasteiger partial charge in [0, 0.05) is 20.6 Å². The van der Waals surface area contributed by atoms with E-state index in [9.17, 15) is 0 Å². The van der Waals surface area contributed by atoms with Crippen LogP contribution in [0.25, 0.3) is 0 Å². The Hall–Kier alpha value is -1.59. The fourth-order valence-electron chi connectivity index (χ4n) is 2.92. The number of epoxide rings is 1. The van der Waals surface area contributed by atoms with Gasteiger partial charge in [0.2, 0.25) is 0 Å². The van der Waals surface area contributed by atoms with Crippen LogP contribution in [-0.4, -0.2) is 14.8 Å². The lowest BCUT2D eigenvalue weighted by atomic mass is 9.91. The molecule has 122 valence electrons. The minimum atomic E-state index is -0.560. The van der Waals surface area contributed by atoms with Gasteiger partial charge < -0.3 is 4.74 Å². The number of nitrogens with zero attached hydrogens (tertiary/aromatic N) is 3. The van der Waals surface area contributed by atoms with E-state index >= 15 is 0 Å². The number of benzene rings is 2. The van der Waals surface area contributed by atoms with E-state index in [1.165, 1.54) is 6.33 Å². The first-order valence-corrected chi connectivity index (χ1v) is 8.43. The van der Waals surface area contributed by atoms with Crippen LogP contribution in [0.2, 0.25) is 15.1 Å². The van der Waals surface area contributed by atoms with Crippen LogP contribution >= 0.6 is 34.8 Å². The van der Waals surface area contributed by atoms with Crippen molar-refractivity contribution >= 4 is 34.8 Å². The van der Waals surface area contributed by atoms with Gasteiger partial charge in [-0.2, -0.15) is 5.10 Å². The molecule has 2 unspecified atom stereocenters. The Morgan fingerprint density at radius 2 is 1.79 bits per heavy atom. The Morgan fingerprint density at radius 1 is 1.04 bits per heavy atom. The van der Waals surface area contributed by atoms with Gasteiger partial charge >= 0.3 is 0 Å². The van der Waals surface area contributed by atoms with Crippen LogP contribution in [0.15, 0.2) is 55.1 Å². The molecule has 7 heteroatoms. The molecule has 1 fully saturated rings. The van der Waals surface area contributed by atoms with Crippen LogP contribution in [-0.2, 0) is 16.9 Å². The molecule has 0 saturated carbocycles. The van der Waals surface area contributed by atoms with E-state index in [2.05, 4.69) is 10.1 Å². The molecule has 1 aliphatic heterocycles. The number of halogens is 3. The SMILES string of the molecule is Clc1ccc(C2(Cn3cncn3)OC2c2ccc(Cl)cc2Cl)cc1. The average molecular weight is 381 g/mol. The first-order valence-electron chi connectivity index (χ1n) is 7.30. The van der Waals surface area contributed by atoms with Gasteiger partial charge in [-0.15, -0.1) is 0 Å². The van der Waals surface area contributed by atoms with Gasteiger partial charge in [-0.3, -0.25) is 0 Å². The Morgan fingerprint density at radius 3 is 2.46 bits per heavy atom. The average Bonchev–Trinajstić information content (AvgIpc) is 3.02. The molecule has 2 heterocycles. The zero-order valence-electron chi connectivity index (χ0n) is 12.4. The summed E-state index contributed by atoms with van der Waals surface area (Å²) in [6.07, 6.45) is 2.98. The minimum absolute atomic E-state index is 0.187. The molecule has 24 heavy (non-hydrogen) atoms. The molecule has 0 N–H and O–H groups in total. The van der Waals surface area contributed by atoms with Crippen molar-refractivity contribution in [3.63, 3.8) is 0 Å². The third kappa shape index (κ3) is 2.80. The maximum absolute atomic E-state index is 6.37. The van der Waals surface area contributed by atoms with Crippen molar-refractivity contribution in [1.82, 2.24) is 14.8 Å². The summed E-state index contributed by atoms with van der Waals surface area (Å²) in [5, 5.41) is 6.05. The normalized spacial score (nSPS) is 22.5. The van der Waals surface area contributed by atoms with Crippen molar-refractivity contribution in [3.8, 4) is 0 Å². The lowest BCUT2D eigenvalue weighted by Crippen LogP contribution is -2.19. The van der Waals surface area contributed by atoms with Gasteiger partial charge in [-0.1, -0.05) is 53.0 Å². The van der Waals surface area contributed by atoms with Gasteiger partial charge in [0.25, 0.3) is 0 Å². The van der Waals surface area contributed by atoms with E-state index in [4.69, 9.17) is 39.5 Å². The van der Waals surface area contributed by atoms with Crippen LogP contribution in [0.5, 0.6) is 0 Å². The molecule has 0 aliphatic carbocycles. The van der Waals surface area contributed by atoms with Crippen LogP contribution in [0, 0.1) is 0 Å². The van der Waals surface area contributed by atoms with Crippen LogP contribution < -0.4 is 0 Å². The lowest BCUT2D eigenvalue weighted by Gasteiger charge is -2.14. The summed E-state index contributed by atoms with van der Waals surface area (Å²) in [7, 11) is 0. The highest BCUT2D eigenvalue weighted by molar-refractivity contribution is 6.35. The van der Waals surface area contributed by atoms with Crippen molar-refractivity contribution in [1.29, 1.82) is 0 Å². The van der Waals surface area contributed by atoms with Crippen molar-refractivity contribution in [2.75, 3.05) is 0 Å². The van der Waals surface area contributed by atoms with E-state index in [1.54, 1.807) is 17.1 Å². The maximum Gasteiger partial charge on any atom is 0.144 e. The molecular formula is C17H12Cl3N3O. The van der Waals surface area contributed by atoms with Gasteiger partial charge in [-0.05, 0) is 29.8 Å². The maximum atomic E-state index is 6.37. The van der Waals surface area contributed by atoms with Gasteiger partial charge in [0.15, 0.2) is 0 Å². The molecule has 3 aromatic rings. The number of rotatable bonds is 4. The molecule has 1 aliphatic rings. The van der Waals surface area contributed by atoms with Crippen molar-refractivity contribution in [2.24, 2.45) is 0 Å². The number of ether oxygens (including phenoxy) is 1. The van der Waals surface area contributed by atoms with E-state index in [1.807, 2.05) is 36.4 Å². The second-order valence-corrected chi connectivity index (χ2v) is 6.93. The first kappa shape index (κ1) is 15.9. The Balaban J connectivity index is 1.74. The minimum Gasteiger partial charge on any atom is -0.354 e. The standard InChI is InChI=1S/C17H12Cl3N3O/c18-12-3-1-11(2-4-12)17(8-23-10-21-9-22-23)16(24-17)14-6-5-13(19)7-15(14)20/h1-7,9-10,16H,8H2. The number of aromatic nitrogens is 3. The molecule has 2 atom stereocenters. The molecule has 0 spiro atoms. The third-order valence-corrected chi connectivity index (χ3v) is 4.95. The van der Waals surface area contributed by atoms with E-state index in [-0.39, 0.29) is 6.10 Å². The number of hydrogen-bond acceptors (Lipinski definition) is 3. The third-order valence-electron chi connectivity index (χ3n) is 4.14. The molecule has 2 aromatic carbocycles. The predicted molar refractivity (Wildman–Crippen MR) is 93.4 cm³/mol. The smallest absolute Gasteiger partial charge is 0.144 e. The molecule has 4 nitrogen and oxygen atoms in total. The van der Waals surface area contributed by atoms with Crippen molar-refractivity contribution in [3.05, 3.63) is 81.3 Å². The predicted octanol–water partition coefficient (Wildman–Crippen LogP) is 4.91. The summed E-state index contributed by atoms with van der Waals surface area (Å²) < 4.78 is 7.90. The van der Waals surface area contributed by atoms with Crippen LogP contribution in [0.1, 0.15) is 17.2 Å². The van der Waals surface area contributed by atoms with Crippen molar-refractivity contribution in [2.45, 2.75) is 18.2 Å². The molecule has 0 bridgehead atoms. The van der Waals surface area contributed by atoms with Gasteiger partial charge in [0.05, 0.1) is 6.54 Å². The summed E-state index contributed by atoms with van der Waals surface area (Å²) in [5.74, 6) is 0. The Bertz CT molecular complexity index is 867. The highest BCUT2D eigenvalue weighted by Crippen LogP contribution is 2.59. The summed E-state index contributed by atoms with van der Waals surface area (Å²) >= 11 is 18.4. The summed E-state index contributed by atoms with van der Waals surface area (Å²) in [6, 6.07) is 13.1. The van der Waals surface area contributed by atoms with Crippen LogP contribution in [0.3, 0.4) is 0 Å². The lowest BCUT2D eigenvalue weighted by molar-refractivity contribution is 0.262. The second-order valence-electron chi connectivity index (χ2n) is 5.65. The summed E-state index contributed by atoms with van der Waals surface area (Å²) in [4.78, 5) is 4.00. The summed E-state index contributed by atoms with van der Waals surface area (Å²) in [6.45, 7) is 0.526. The highest BCUT2D eigenvalue weighted by Gasteiger charge is 2.59. The van der Waals surface area contributed by atoms with E-state index < -0.39 is 5.60 Å².